The minimum absolute atomic E-state index is 0.171. The number of nitrogens with zero attached hydrogens (tertiary/aromatic N) is 3. The van der Waals surface area contributed by atoms with E-state index in [-0.39, 0.29) is 5.82 Å². The van der Waals surface area contributed by atoms with Crippen molar-refractivity contribution in [3.05, 3.63) is 35.9 Å². The van der Waals surface area contributed by atoms with Gasteiger partial charge in [0.2, 0.25) is 5.82 Å². The molecular weight excluding hydrogens is 246 g/mol. The van der Waals surface area contributed by atoms with Crippen molar-refractivity contribution in [1.29, 1.82) is 0 Å². The Morgan fingerprint density at radius 3 is 2.58 bits per heavy atom. The molecule has 0 aliphatic rings. The molecule has 0 saturated carbocycles. The maximum absolute atomic E-state index is 11.8. The van der Waals surface area contributed by atoms with Gasteiger partial charge < -0.3 is 9.47 Å². The van der Waals surface area contributed by atoms with Crippen molar-refractivity contribution in [2.45, 2.75) is 13.8 Å². The number of methoxy groups -OCH3 is 1. The fraction of sp³-hybridized carbons (Fsp3) is 0.308. The Balaban J connectivity index is 2.40. The number of ether oxygens (including phenoxy) is 2. The Hall–Kier alpha value is -2.37. The second-order valence-electron chi connectivity index (χ2n) is 3.81. The molecule has 0 N–H and O–H groups in total. The summed E-state index contributed by atoms with van der Waals surface area (Å²) >= 11 is 0. The summed E-state index contributed by atoms with van der Waals surface area (Å²) in [6.07, 6.45) is 0. The molecule has 1 heterocycles. The summed E-state index contributed by atoms with van der Waals surface area (Å²) in [7, 11) is 1.60. The Morgan fingerprint density at radius 2 is 2.00 bits per heavy atom. The van der Waals surface area contributed by atoms with Crippen LogP contribution in [0.4, 0.5) is 0 Å². The predicted octanol–water partition coefficient (Wildman–Crippen LogP) is 1.76. The fourth-order valence-corrected chi connectivity index (χ4v) is 1.65. The lowest BCUT2D eigenvalue weighted by molar-refractivity contribution is 0.0508. The summed E-state index contributed by atoms with van der Waals surface area (Å²) in [4.78, 5) is 15.9. The molecule has 0 fully saturated rings. The van der Waals surface area contributed by atoms with E-state index in [1.165, 1.54) is 4.68 Å². The van der Waals surface area contributed by atoms with Gasteiger partial charge in [-0.15, -0.1) is 0 Å². The zero-order chi connectivity index (χ0) is 13.8. The molecule has 19 heavy (non-hydrogen) atoms. The lowest BCUT2D eigenvalue weighted by atomic mass is 10.3. The van der Waals surface area contributed by atoms with Gasteiger partial charge in [0.1, 0.15) is 11.6 Å². The van der Waals surface area contributed by atoms with E-state index in [1.54, 1.807) is 45.2 Å². The van der Waals surface area contributed by atoms with Gasteiger partial charge in [0.25, 0.3) is 0 Å². The van der Waals surface area contributed by atoms with Crippen LogP contribution in [0.25, 0.3) is 5.69 Å². The number of aryl methyl sites for hydroxylation is 1. The third-order valence-corrected chi connectivity index (χ3v) is 2.49. The van der Waals surface area contributed by atoms with Crippen LogP contribution in [0.15, 0.2) is 24.3 Å². The van der Waals surface area contributed by atoms with E-state index in [1.807, 2.05) is 0 Å². The molecule has 0 radical (unpaired) electrons. The zero-order valence-electron chi connectivity index (χ0n) is 11.1. The number of carbonyl (C=O) groups is 1. The highest BCUT2D eigenvalue weighted by Gasteiger charge is 2.18. The molecule has 0 bridgehead atoms. The van der Waals surface area contributed by atoms with Crippen molar-refractivity contribution in [3.63, 3.8) is 0 Å². The first-order valence-corrected chi connectivity index (χ1v) is 5.91. The topological polar surface area (TPSA) is 66.2 Å². The van der Waals surface area contributed by atoms with Gasteiger partial charge in [-0.1, -0.05) is 0 Å². The highest BCUT2D eigenvalue weighted by molar-refractivity contribution is 5.86. The van der Waals surface area contributed by atoms with Gasteiger partial charge in [0, 0.05) is 0 Å². The summed E-state index contributed by atoms with van der Waals surface area (Å²) in [5, 5.41) is 4.20. The number of aromatic nitrogens is 3. The Kier molecular flexibility index (Phi) is 3.79. The van der Waals surface area contributed by atoms with E-state index in [0.29, 0.717) is 12.4 Å². The molecule has 6 heteroatoms. The van der Waals surface area contributed by atoms with Crippen LogP contribution >= 0.6 is 0 Å². The van der Waals surface area contributed by atoms with Gasteiger partial charge in [0.05, 0.1) is 19.4 Å². The molecule has 0 unspecified atom stereocenters. The summed E-state index contributed by atoms with van der Waals surface area (Å²) < 4.78 is 11.5. The van der Waals surface area contributed by atoms with Crippen molar-refractivity contribution in [2.75, 3.05) is 13.7 Å². The summed E-state index contributed by atoms with van der Waals surface area (Å²) in [5.74, 6) is 0.931. The normalized spacial score (nSPS) is 10.3. The highest BCUT2D eigenvalue weighted by atomic mass is 16.5. The molecule has 1 aromatic heterocycles. The van der Waals surface area contributed by atoms with Crippen molar-refractivity contribution >= 4 is 5.97 Å². The van der Waals surface area contributed by atoms with E-state index in [0.717, 1.165) is 11.4 Å². The minimum atomic E-state index is -0.487. The molecule has 0 atom stereocenters. The zero-order valence-corrected chi connectivity index (χ0v) is 11.1. The van der Waals surface area contributed by atoms with E-state index in [4.69, 9.17) is 9.47 Å². The fourth-order valence-electron chi connectivity index (χ4n) is 1.65. The van der Waals surface area contributed by atoms with E-state index < -0.39 is 5.97 Å². The summed E-state index contributed by atoms with van der Waals surface area (Å²) in [5.41, 5.74) is 0.726. The van der Waals surface area contributed by atoms with E-state index >= 15 is 0 Å². The smallest absolute Gasteiger partial charge is 0.376 e. The molecule has 100 valence electrons. The first kappa shape index (κ1) is 13.1. The molecule has 6 nitrogen and oxygen atoms in total. The average molecular weight is 261 g/mol. The molecular formula is C13H15N3O3. The van der Waals surface area contributed by atoms with Crippen molar-refractivity contribution in [1.82, 2.24) is 14.8 Å². The monoisotopic (exact) mass is 261 g/mol. The van der Waals surface area contributed by atoms with Crippen LogP contribution in [-0.2, 0) is 4.74 Å². The van der Waals surface area contributed by atoms with Gasteiger partial charge in [0.15, 0.2) is 0 Å². The Bertz CT molecular complexity index is 575. The third kappa shape index (κ3) is 2.73. The summed E-state index contributed by atoms with van der Waals surface area (Å²) in [6.45, 7) is 3.77. The number of benzene rings is 1. The van der Waals surface area contributed by atoms with E-state index in [9.17, 15) is 4.79 Å². The van der Waals surface area contributed by atoms with Crippen LogP contribution in [0.1, 0.15) is 23.4 Å². The molecule has 2 rings (SSSR count). The highest BCUT2D eigenvalue weighted by Crippen LogP contribution is 2.16. The van der Waals surface area contributed by atoms with Crippen LogP contribution in [0.3, 0.4) is 0 Å². The largest absolute Gasteiger partial charge is 0.497 e. The van der Waals surface area contributed by atoms with Gasteiger partial charge in [-0.05, 0) is 38.1 Å². The van der Waals surface area contributed by atoms with Crippen molar-refractivity contribution in [3.8, 4) is 11.4 Å². The van der Waals surface area contributed by atoms with Crippen molar-refractivity contribution < 1.29 is 14.3 Å². The molecule has 0 aliphatic heterocycles. The number of carbonyl (C=O) groups excluding carboxylic acids is 1. The first-order chi connectivity index (χ1) is 9.15. The molecule has 0 saturated heterocycles. The second-order valence-corrected chi connectivity index (χ2v) is 3.81. The van der Waals surface area contributed by atoms with Crippen LogP contribution in [0.2, 0.25) is 0 Å². The summed E-state index contributed by atoms with van der Waals surface area (Å²) in [6, 6.07) is 7.19. The Morgan fingerprint density at radius 1 is 1.32 bits per heavy atom. The van der Waals surface area contributed by atoms with Crippen LogP contribution in [0, 0.1) is 6.92 Å². The number of esters is 1. The molecule has 1 aromatic carbocycles. The average Bonchev–Trinajstić information content (AvgIpc) is 2.81. The maximum atomic E-state index is 11.8. The van der Waals surface area contributed by atoms with Gasteiger partial charge >= 0.3 is 5.97 Å². The van der Waals surface area contributed by atoms with Gasteiger partial charge in [-0.3, -0.25) is 0 Å². The molecule has 0 amide bonds. The van der Waals surface area contributed by atoms with Crippen LogP contribution < -0.4 is 4.74 Å². The van der Waals surface area contributed by atoms with Crippen molar-refractivity contribution in [2.24, 2.45) is 0 Å². The standard InChI is InChI=1S/C13H15N3O3/c1-4-19-13(17)12-14-9(2)15-16(12)10-5-7-11(18-3)8-6-10/h5-8H,4H2,1-3H3. The van der Waals surface area contributed by atoms with Gasteiger partial charge in [-0.25, -0.2) is 14.5 Å². The Labute approximate surface area is 111 Å². The quantitative estimate of drug-likeness (QED) is 0.784. The number of hydrogen-bond donors (Lipinski definition) is 0. The number of hydrogen-bond acceptors (Lipinski definition) is 5. The minimum Gasteiger partial charge on any atom is -0.497 e. The van der Waals surface area contributed by atoms with Crippen LogP contribution in [0.5, 0.6) is 5.75 Å². The first-order valence-electron chi connectivity index (χ1n) is 5.91. The second kappa shape index (κ2) is 5.51. The van der Waals surface area contributed by atoms with Gasteiger partial charge in [-0.2, -0.15) is 5.10 Å². The lowest BCUT2D eigenvalue weighted by Crippen LogP contribution is -2.13. The molecule has 0 aliphatic carbocycles. The molecule has 0 spiro atoms. The predicted molar refractivity (Wildman–Crippen MR) is 68.6 cm³/mol. The molecule has 2 aromatic rings. The number of rotatable bonds is 4. The maximum Gasteiger partial charge on any atom is 0.376 e. The third-order valence-electron chi connectivity index (χ3n) is 2.49. The van der Waals surface area contributed by atoms with Crippen LogP contribution in [-0.4, -0.2) is 34.5 Å². The SMILES string of the molecule is CCOC(=O)c1nc(C)nn1-c1ccc(OC)cc1. The van der Waals surface area contributed by atoms with E-state index in [2.05, 4.69) is 10.1 Å². The lowest BCUT2D eigenvalue weighted by Gasteiger charge is -2.06.